The second kappa shape index (κ2) is 13.8. The van der Waals surface area contributed by atoms with E-state index in [1.165, 1.54) is 10.6 Å². The largest absolute Gasteiger partial charge is 0.350 e. The van der Waals surface area contributed by atoms with E-state index in [1.807, 2.05) is 113 Å². The fourth-order valence-electron chi connectivity index (χ4n) is 4.89. The maximum Gasteiger partial charge on any atom is 0.243 e. The number of carbonyl (C=O) groups is 2. The zero-order valence-electron chi connectivity index (χ0n) is 25.1. The molecule has 0 aromatic heterocycles. The molecule has 0 saturated heterocycles. The molecule has 3 aromatic carbocycles. The summed E-state index contributed by atoms with van der Waals surface area (Å²) in [5.41, 5.74) is 3.90. The van der Waals surface area contributed by atoms with Gasteiger partial charge in [-0.15, -0.1) is 0 Å². The van der Waals surface area contributed by atoms with Crippen molar-refractivity contribution in [1.29, 1.82) is 0 Å². The Kier molecular flexibility index (Phi) is 10.7. The number of anilines is 1. The highest BCUT2D eigenvalue weighted by Crippen LogP contribution is 2.23. The van der Waals surface area contributed by atoms with E-state index in [0.717, 1.165) is 22.3 Å². The van der Waals surface area contributed by atoms with Crippen LogP contribution in [0.2, 0.25) is 0 Å². The summed E-state index contributed by atoms with van der Waals surface area (Å²) in [6.45, 7) is 10.0. The van der Waals surface area contributed by atoms with Crippen LogP contribution in [0.15, 0.2) is 78.9 Å². The molecule has 0 unspecified atom stereocenters. The van der Waals surface area contributed by atoms with E-state index in [9.17, 15) is 18.0 Å². The van der Waals surface area contributed by atoms with Gasteiger partial charge in [0.15, 0.2) is 0 Å². The lowest BCUT2D eigenvalue weighted by molar-refractivity contribution is -0.142. The molecule has 0 spiro atoms. The van der Waals surface area contributed by atoms with Gasteiger partial charge in [0.25, 0.3) is 0 Å². The molecule has 3 rings (SSSR count). The normalized spacial score (nSPS) is 12.4. The molecule has 0 fully saturated rings. The van der Waals surface area contributed by atoms with Crippen molar-refractivity contribution in [2.45, 2.75) is 72.0 Å². The molecule has 1 N–H and O–H groups in total. The zero-order valence-corrected chi connectivity index (χ0v) is 25.9. The second-order valence-electron chi connectivity index (χ2n) is 11.7. The molecule has 220 valence electrons. The Morgan fingerprint density at radius 1 is 0.854 bits per heavy atom. The standard InChI is InChI=1S/C33H43N3O4S/c1-25-20-26(2)22-29(21-25)36(41(6,39)40)19-13-18-31(37)35(24-28-16-11-8-12-17-28)30(32(38)34-33(3,4)5)23-27-14-9-7-10-15-27/h7-12,14-17,20-22,30H,13,18-19,23-24H2,1-6H3,(H,34,38)/t30-/m0/s1. The Hall–Kier alpha value is -3.65. The van der Waals surface area contributed by atoms with Gasteiger partial charge in [0.2, 0.25) is 21.8 Å². The predicted octanol–water partition coefficient (Wildman–Crippen LogP) is 5.40. The Morgan fingerprint density at radius 2 is 1.39 bits per heavy atom. The second-order valence-corrected chi connectivity index (χ2v) is 13.6. The van der Waals surface area contributed by atoms with Crippen LogP contribution in [0.1, 0.15) is 55.9 Å². The van der Waals surface area contributed by atoms with Crippen LogP contribution in [0.25, 0.3) is 0 Å². The monoisotopic (exact) mass is 577 g/mol. The topological polar surface area (TPSA) is 86.8 Å². The maximum absolute atomic E-state index is 13.9. The lowest BCUT2D eigenvalue weighted by Gasteiger charge is -2.34. The Labute approximate surface area is 245 Å². The van der Waals surface area contributed by atoms with E-state index < -0.39 is 21.6 Å². The minimum Gasteiger partial charge on any atom is -0.350 e. The number of amides is 2. The van der Waals surface area contributed by atoms with Crippen molar-refractivity contribution in [2.75, 3.05) is 17.1 Å². The highest BCUT2D eigenvalue weighted by molar-refractivity contribution is 7.92. The predicted molar refractivity (Wildman–Crippen MR) is 166 cm³/mol. The van der Waals surface area contributed by atoms with Crippen LogP contribution in [0.3, 0.4) is 0 Å². The summed E-state index contributed by atoms with van der Waals surface area (Å²) in [5, 5.41) is 3.07. The molecule has 0 aliphatic rings. The third-order valence-corrected chi connectivity index (χ3v) is 7.81. The van der Waals surface area contributed by atoms with E-state index in [-0.39, 0.29) is 31.3 Å². The lowest BCUT2D eigenvalue weighted by atomic mass is 10.00. The first kappa shape index (κ1) is 31.9. The third-order valence-electron chi connectivity index (χ3n) is 6.61. The van der Waals surface area contributed by atoms with Gasteiger partial charge in [-0.25, -0.2) is 8.42 Å². The maximum atomic E-state index is 13.9. The first-order chi connectivity index (χ1) is 19.2. The van der Waals surface area contributed by atoms with Gasteiger partial charge < -0.3 is 10.2 Å². The van der Waals surface area contributed by atoms with E-state index in [4.69, 9.17) is 0 Å². The number of hydrogen-bond donors (Lipinski definition) is 1. The van der Waals surface area contributed by atoms with Gasteiger partial charge in [-0.1, -0.05) is 66.7 Å². The van der Waals surface area contributed by atoms with Gasteiger partial charge in [0.1, 0.15) is 6.04 Å². The van der Waals surface area contributed by atoms with Gasteiger partial charge in [0, 0.05) is 31.5 Å². The number of benzene rings is 3. The number of sulfonamides is 1. The quantitative estimate of drug-likeness (QED) is 0.312. The smallest absolute Gasteiger partial charge is 0.243 e. The fourth-order valence-corrected chi connectivity index (χ4v) is 5.83. The Balaban J connectivity index is 1.89. The number of rotatable bonds is 12. The van der Waals surface area contributed by atoms with Gasteiger partial charge in [-0.2, -0.15) is 0 Å². The SMILES string of the molecule is Cc1cc(C)cc(N(CCCC(=O)N(Cc2ccccc2)[C@@H](Cc2ccccc2)C(=O)NC(C)(C)C)S(C)(=O)=O)c1. The van der Waals surface area contributed by atoms with Gasteiger partial charge in [0.05, 0.1) is 11.9 Å². The molecule has 7 nitrogen and oxygen atoms in total. The van der Waals surface area contributed by atoms with Crippen molar-refractivity contribution < 1.29 is 18.0 Å². The molecule has 0 saturated carbocycles. The van der Waals surface area contributed by atoms with Crippen molar-refractivity contribution in [3.05, 3.63) is 101 Å². The number of nitrogens with one attached hydrogen (secondary N) is 1. The highest BCUT2D eigenvalue weighted by Gasteiger charge is 2.32. The molecular weight excluding hydrogens is 534 g/mol. The van der Waals surface area contributed by atoms with E-state index in [1.54, 1.807) is 4.90 Å². The summed E-state index contributed by atoms with van der Waals surface area (Å²) in [6.07, 6.45) is 1.95. The Morgan fingerprint density at radius 3 is 1.90 bits per heavy atom. The average Bonchev–Trinajstić information content (AvgIpc) is 2.87. The summed E-state index contributed by atoms with van der Waals surface area (Å²) in [7, 11) is -3.56. The van der Waals surface area contributed by atoms with Crippen molar-refractivity contribution in [2.24, 2.45) is 0 Å². The van der Waals surface area contributed by atoms with E-state index in [2.05, 4.69) is 5.32 Å². The first-order valence-electron chi connectivity index (χ1n) is 14.0. The first-order valence-corrected chi connectivity index (χ1v) is 15.8. The van der Waals surface area contributed by atoms with Crippen LogP contribution >= 0.6 is 0 Å². The zero-order chi connectivity index (χ0) is 30.2. The van der Waals surface area contributed by atoms with Crippen LogP contribution in [-0.4, -0.2) is 49.5 Å². The van der Waals surface area contributed by atoms with Crippen LogP contribution < -0.4 is 9.62 Å². The van der Waals surface area contributed by atoms with Crippen molar-refractivity contribution in [3.63, 3.8) is 0 Å². The minimum atomic E-state index is -3.56. The molecule has 0 heterocycles. The van der Waals surface area contributed by atoms with Gasteiger partial charge in [-0.3, -0.25) is 13.9 Å². The van der Waals surface area contributed by atoms with Crippen molar-refractivity contribution >= 4 is 27.5 Å². The summed E-state index contributed by atoms with van der Waals surface area (Å²) in [6, 6.07) is 24.2. The van der Waals surface area contributed by atoms with Crippen LogP contribution in [0.5, 0.6) is 0 Å². The number of hydrogen-bond acceptors (Lipinski definition) is 4. The van der Waals surface area contributed by atoms with Crippen molar-refractivity contribution in [1.82, 2.24) is 10.2 Å². The molecule has 0 aliphatic carbocycles. The minimum absolute atomic E-state index is 0.0950. The van der Waals surface area contributed by atoms with Crippen LogP contribution in [0, 0.1) is 13.8 Å². The Bertz CT molecular complexity index is 1400. The molecule has 3 aromatic rings. The molecule has 0 bridgehead atoms. The molecule has 1 atom stereocenters. The highest BCUT2D eigenvalue weighted by atomic mass is 32.2. The molecule has 8 heteroatoms. The molecule has 0 aliphatic heterocycles. The van der Waals surface area contributed by atoms with Gasteiger partial charge in [-0.05, 0) is 75.4 Å². The average molecular weight is 578 g/mol. The summed E-state index contributed by atoms with van der Waals surface area (Å²) >= 11 is 0. The van der Waals surface area contributed by atoms with Crippen molar-refractivity contribution in [3.8, 4) is 0 Å². The van der Waals surface area contributed by atoms with Crippen LogP contribution in [-0.2, 0) is 32.6 Å². The summed E-state index contributed by atoms with van der Waals surface area (Å²) in [4.78, 5) is 29.2. The number of nitrogens with zero attached hydrogens (tertiary/aromatic N) is 2. The van der Waals surface area contributed by atoms with E-state index >= 15 is 0 Å². The van der Waals surface area contributed by atoms with Crippen LogP contribution in [0.4, 0.5) is 5.69 Å². The van der Waals surface area contributed by atoms with Gasteiger partial charge >= 0.3 is 0 Å². The molecule has 41 heavy (non-hydrogen) atoms. The van der Waals surface area contributed by atoms with E-state index in [0.29, 0.717) is 18.5 Å². The molecule has 2 amide bonds. The number of carbonyl (C=O) groups excluding carboxylic acids is 2. The molecular formula is C33H43N3O4S. The number of aryl methyl sites for hydroxylation is 2. The molecule has 0 radical (unpaired) electrons. The fraction of sp³-hybridized carbons (Fsp3) is 0.394. The lowest BCUT2D eigenvalue weighted by Crippen LogP contribution is -2.54. The summed E-state index contributed by atoms with van der Waals surface area (Å²) < 4.78 is 26.8. The third kappa shape index (κ3) is 10.0. The summed E-state index contributed by atoms with van der Waals surface area (Å²) in [5.74, 6) is -0.425.